The molecule has 0 radical (unpaired) electrons. The molecule has 112 valence electrons. The van der Waals surface area contributed by atoms with E-state index in [1.54, 1.807) is 25.2 Å². The molecule has 0 aliphatic heterocycles. The third kappa shape index (κ3) is 2.57. The van der Waals surface area contributed by atoms with Gasteiger partial charge in [-0.3, -0.25) is 9.36 Å². The first-order valence-electron chi connectivity index (χ1n) is 7.14. The Kier molecular flexibility index (Phi) is 3.63. The van der Waals surface area contributed by atoms with Crippen LogP contribution in [0.25, 0.3) is 22.6 Å². The molecule has 22 heavy (non-hydrogen) atoms. The standard InChI is InChI=1S/C17H18N4O/c1-12-6-8-13(9-7-12)16-19-14-5-4-10-18-17(14)21(16)11-15(22)20(2)3/h4-10H,11H2,1-3H3. The summed E-state index contributed by atoms with van der Waals surface area (Å²) in [6, 6.07) is 11.9. The molecule has 0 aliphatic rings. The monoisotopic (exact) mass is 294 g/mol. The molecular weight excluding hydrogens is 276 g/mol. The van der Waals surface area contributed by atoms with Crippen molar-refractivity contribution in [1.82, 2.24) is 19.4 Å². The Morgan fingerprint density at radius 3 is 2.59 bits per heavy atom. The molecule has 0 atom stereocenters. The highest BCUT2D eigenvalue weighted by Crippen LogP contribution is 2.24. The lowest BCUT2D eigenvalue weighted by Crippen LogP contribution is -2.26. The summed E-state index contributed by atoms with van der Waals surface area (Å²) in [4.78, 5) is 22.8. The molecule has 2 heterocycles. The van der Waals surface area contributed by atoms with Gasteiger partial charge in [0.05, 0.1) is 0 Å². The minimum absolute atomic E-state index is 0.0123. The minimum Gasteiger partial charge on any atom is -0.347 e. The number of fused-ring (bicyclic) bond motifs is 1. The van der Waals surface area contributed by atoms with E-state index in [4.69, 9.17) is 0 Å². The summed E-state index contributed by atoms with van der Waals surface area (Å²) in [6.07, 6.45) is 1.72. The normalized spacial score (nSPS) is 10.9. The molecular formula is C17H18N4O. The first kappa shape index (κ1) is 14.3. The average Bonchev–Trinajstić information content (AvgIpc) is 2.87. The van der Waals surface area contributed by atoms with E-state index in [2.05, 4.69) is 9.97 Å². The molecule has 5 nitrogen and oxygen atoms in total. The lowest BCUT2D eigenvalue weighted by molar-refractivity contribution is -0.129. The molecule has 0 unspecified atom stereocenters. The molecule has 2 aromatic heterocycles. The lowest BCUT2D eigenvalue weighted by Gasteiger charge is -2.13. The van der Waals surface area contributed by atoms with Gasteiger partial charge in [0.1, 0.15) is 17.9 Å². The summed E-state index contributed by atoms with van der Waals surface area (Å²) in [5.74, 6) is 0.780. The predicted molar refractivity (Wildman–Crippen MR) is 86.4 cm³/mol. The van der Waals surface area contributed by atoms with E-state index >= 15 is 0 Å². The van der Waals surface area contributed by atoms with E-state index in [0.717, 1.165) is 22.6 Å². The molecule has 0 bridgehead atoms. The van der Waals surface area contributed by atoms with Crippen LogP contribution in [0.2, 0.25) is 0 Å². The third-order valence-electron chi connectivity index (χ3n) is 3.61. The number of hydrogen-bond donors (Lipinski definition) is 0. The molecule has 1 amide bonds. The van der Waals surface area contributed by atoms with Gasteiger partial charge in [0.15, 0.2) is 5.65 Å². The number of aromatic nitrogens is 3. The van der Waals surface area contributed by atoms with E-state index in [9.17, 15) is 4.79 Å². The summed E-state index contributed by atoms with van der Waals surface area (Å²) < 4.78 is 1.88. The van der Waals surface area contributed by atoms with E-state index in [1.807, 2.05) is 47.9 Å². The van der Waals surface area contributed by atoms with Crippen molar-refractivity contribution in [1.29, 1.82) is 0 Å². The fourth-order valence-corrected chi connectivity index (χ4v) is 2.31. The van der Waals surface area contributed by atoms with Gasteiger partial charge >= 0.3 is 0 Å². The van der Waals surface area contributed by atoms with E-state index in [-0.39, 0.29) is 12.5 Å². The fourth-order valence-electron chi connectivity index (χ4n) is 2.31. The largest absolute Gasteiger partial charge is 0.347 e. The zero-order chi connectivity index (χ0) is 15.7. The smallest absolute Gasteiger partial charge is 0.242 e. The Labute approximate surface area is 129 Å². The second-order valence-corrected chi connectivity index (χ2v) is 5.52. The lowest BCUT2D eigenvalue weighted by atomic mass is 10.1. The molecule has 0 spiro atoms. The number of hydrogen-bond acceptors (Lipinski definition) is 3. The van der Waals surface area contributed by atoms with Crippen LogP contribution in [0.15, 0.2) is 42.6 Å². The van der Waals surface area contributed by atoms with Crippen molar-refractivity contribution < 1.29 is 4.79 Å². The number of likely N-dealkylation sites (N-methyl/N-ethyl adjacent to an activating group) is 1. The van der Waals surface area contributed by atoms with Gasteiger partial charge in [0.2, 0.25) is 5.91 Å². The van der Waals surface area contributed by atoms with Crippen LogP contribution in [0, 0.1) is 6.92 Å². The number of rotatable bonds is 3. The van der Waals surface area contributed by atoms with Crippen molar-refractivity contribution >= 4 is 17.1 Å². The van der Waals surface area contributed by atoms with Crippen LogP contribution < -0.4 is 0 Å². The van der Waals surface area contributed by atoms with Crippen LogP contribution in [0.5, 0.6) is 0 Å². The number of amides is 1. The quantitative estimate of drug-likeness (QED) is 0.745. The highest BCUT2D eigenvalue weighted by molar-refractivity contribution is 5.82. The zero-order valence-electron chi connectivity index (χ0n) is 12.9. The Hall–Kier alpha value is -2.69. The van der Waals surface area contributed by atoms with Crippen LogP contribution >= 0.6 is 0 Å². The Morgan fingerprint density at radius 1 is 1.18 bits per heavy atom. The summed E-state index contributed by atoms with van der Waals surface area (Å²) in [5, 5.41) is 0. The van der Waals surface area contributed by atoms with Crippen molar-refractivity contribution in [3.05, 3.63) is 48.2 Å². The van der Waals surface area contributed by atoms with Crippen LogP contribution in [0.1, 0.15) is 5.56 Å². The molecule has 0 N–H and O–H groups in total. The van der Waals surface area contributed by atoms with Gasteiger partial charge in [-0.05, 0) is 19.1 Å². The summed E-state index contributed by atoms with van der Waals surface area (Å²) in [5.41, 5.74) is 3.70. The molecule has 1 aromatic carbocycles. The van der Waals surface area contributed by atoms with E-state index in [0.29, 0.717) is 0 Å². The van der Waals surface area contributed by atoms with Crippen LogP contribution in [0.3, 0.4) is 0 Å². The zero-order valence-corrected chi connectivity index (χ0v) is 12.9. The topological polar surface area (TPSA) is 51.0 Å². The molecule has 5 heteroatoms. The molecule has 3 rings (SSSR count). The van der Waals surface area contributed by atoms with Gasteiger partial charge in [-0.25, -0.2) is 9.97 Å². The van der Waals surface area contributed by atoms with Gasteiger partial charge in [0.25, 0.3) is 0 Å². The van der Waals surface area contributed by atoms with E-state index < -0.39 is 0 Å². The maximum atomic E-state index is 12.1. The van der Waals surface area contributed by atoms with Crippen LogP contribution in [0.4, 0.5) is 0 Å². The van der Waals surface area contributed by atoms with Crippen molar-refractivity contribution in [3.63, 3.8) is 0 Å². The van der Waals surface area contributed by atoms with Crippen molar-refractivity contribution in [2.75, 3.05) is 14.1 Å². The summed E-state index contributed by atoms with van der Waals surface area (Å²) in [7, 11) is 3.50. The predicted octanol–water partition coefficient (Wildman–Crippen LogP) is 2.49. The first-order valence-corrected chi connectivity index (χ1v) is 7.14. The molecule has 3 aromatic rings. The Morgan fingerprint density at radius 2 is 1.91 bits per heavy atom. The molecule has 0 aliphatic carbocycles. The second kappa shape index (κ2) is 5.60. The number of pyridine rings is 1. The molecule has 0 saturated heterocycles. The number of nitrogens with zero attached hydrogens (tertiary/aromatic N) is 4. The van der Waals surface area contributed by atoms with Gasteiger partial charge in [-0.2, -0.15) is 0 Å². The number of aryl methyl sites for hydroxylation is 1. The number of benzene rings is 1. The number of imidazole rings is 1. The molecule has 0 saturated carbocycles. The second-order valence-electron chi connectivity index (χ2n) is 5.52. The molecule has 0 fully saturated rings. The maximum absolute atomic E-state index is 12.1. The van der Waals surface area contributed by atoms with Gasteiger partial charge < -0.3 is 4.90 Å². The SMILES string of the molecule is Cc1ccc(-c2nc3cccnc3n2CC(=O)N(C)C)cc1. The maximum Gasteiger partial charge on any atom is 0.242 e. The first-order chi connectivity index (χ1) is 10.6. The van der Waals surface area contributed by atoms with Crippen molar-refractivity contribution in [3.8, 4) is 11.4 Å². The highest BCUT2D eigenvalue weighted by Gasteiger charge is 2.16. The number of carbonyl (C=O) groups is 1. The number of carbonyl (C=O) groups excluding carboxylic acids is 1. The third-order valence-corrected chi connectivity index (χ3v) is 3.61. The van der Waals surface area contributed by atoms with Gasteiger partial charge in [-0.1, -0.05) is 29.8 Å². The van der Waals surface area contributed by atoms with E-state index in [1.165, 1.54) is 5.56 Å². The summed E-state index contributed by atoms with van der Waals surface area (Å²) in [6.45, 7) is 2.27. The minimum atomic E-state index is 0.0123. The van der Waals surface area contributed by atoms with Crippen molar-refractivity contribution in [2.24, 2.45) is 0 Å². The van der Waals surface area contributed by atoms with Crippen molar-refractivity contribution in [2.45, 2.75) is 13.5 Å². The Balaban J connectivity index is 2.16. The van der Waals surface area contributed by atoms with Gasteiger partial charge in [0, 0.05) is 25.9 Å². The van der Waals surface area contributed by atoms with Gasteiger partial charge in [-0.15, -0.1) is 0 Å². The van der Waals surface area contributed by atoms with Crippen LogP contribution in [-0.2, 0) is 11.3 Å². The van der Waals surface area contributed by atoms with Crippen LogP contribution in [-0.4, -0.2) is 39.4 Å². The summed E-state index contributed by atoms with van der Waals surface area (Å²) >= 11 is 0. The Bertz CT molecular complexity index is 818. The fraction of sp³-hybridized carbons (Fsp3) is 0.235. The average molecular weight is 294 g/mol. The highest BCUT2D eigenvalue weighted by atomic mass is 16.2.